The fourth-order valence-electron chi connectivity index (χ4n) is 3.28. The third-order valence-corrected chi connectivity index (χ3v) is 6.99. The van der Waals surface area contributed by atoms with E-state index in [1.54, 1.807) is 35.5 Å². The SMILES string of the molecule is Cn1cc(-c2cc(N=S(C)(C)=O)cnc2Oc2ccc(F)cc2F)c2ccn(SI)c2c1=O. The van der Waals surface area contributed by atoms with Gasteiger partial charge in [0.1, 0.15) is 11.3 Å². The monoisotopic (exact) mass is 602 g/mol. The smallest absolute Gasteiger partial charge is 0.275 e. The molecule has 0 saturated carbocycles. The third-order valence-electron chi connectivity index (χ3n) is 4.61. The van der Waals surface area contributed by atoms with Gasteiger partial charge in [0.25, 0.3) is 5.56 Å². The quantitative estimate of drug-likeness (QED) is 0.275. The molecule has 7 nitrogen and oxygen atoms in total. The van der Waals surface area contributed by atoms with Crippen molar-refractivity contribution in [3.8, 4) is 22.8 Å². The molecule has 33 heavy (non-hydrogen) atoms. The molecule has 0 atom stereocenters. The maximum absolute atomic E-state index is 14.3. The summed E-state index contributed by atoms with van der Waals surface area (Å²) in [5, 5.41) is 0.624. The van der Waals surface area contributed by atoms with E-state index in [4.69, 9.17) is 4.74 Å². The van der Waals surface area contributed by atoms with Gasteiger partial charge in [0.2, 0.25) is 5.88 Å². The van der Waals surface area contributed by atoms with Crippen LogP contribution < -0.4 is 10.3 Å². The second-order valence-corrected chi connectivity index (χ2v) is 11.7. The second kappa shape index (κ2) is 9.06. The minimum atomic E-state index is -2.49. The molecule has 4 rings (SSSR count). The summed E-state index contributed by atoms with van der Waals surface area (Å²) in [7, 11) is 0.468. The Morgan fingerprint density at radius 1 is 1.18 bits per heavy atom. The first-order chi connectivity index (χ1) is 15.6. The Morgan fingerprint density at radius 2 is 1.94 bits per heavy atom. The van der Waals surface area contributed by atoms with Gasteiger partial charge in [0.15, 0.2) is 11.6 Å². The Hall–Kier alpha value is -2.45. The fraction of sp³-hybridized carbons (Fsp3) is 0.143. The summed E-state index contributed by atoms with van der Waals surface area (Å²) in [6.07, 6.45) is 7.73. The van der Waals surface area contributed by atoms with Crippen LogP contribution in [0.1, 0.15) is 0 Å². The molecule has 0 unspecified atom stereocenters. The number of halogens is 3. The van der Waals surface area contributed by atoms with Crippen LogP contribution in [0, 0.1) is 11.6 Å². The highest BCUT2D eigenvalue weighted by Crippen LogP contribution is 2.39. The molecule has 0 fully saturated rings. The Labute approximate surface area is 204 Å². The van der Waals surface area contributed by atoms with Crippen molar-refractivity contribution in [3.05, 3.63) is 70.9 Å². The van der Waals surface area contributed by atoms with Gasteiger partial charge in [0.05, 0.1) is 11.9 Å². The number of hydrogen-bond acceptors (Lipinski definition) is 6. The van der Waals surface area contributed by atoms with Crippen molar-refractivity contribution in [3.63, 3.8) is 0 Å². The fourth-order valence-corrected chi connectivity index (χ4v) is 5.23. The molecule has 0 bridgehead atoms. The van der Waals surface area contributed by atoms with Gasteiger partial charge >= 0.3 is 0 Å². The summed E-state index contributed by atoms with van der Waals surface area (Å²) < 4.78 is 53.0. The Balaban J connectivity index is 2.00. The van der Waals surface area contributed by atoms with Crippen LogP contribution in [0.2, 0.25) is 0 Å². The number of pyridine rings is 2. The molecular weight excluding hydrogens is 585 g/mol. The van der Waals surface area contributed by atoms with E-state index in [-0.39, 0.29) is 17.2 Å². The summed E-state index contributed by atoms with van der Waals surface area (Å²) in [4.78, 5) is 17.1. The maximum Gasteiger partial charge on any atom is 0.275 e. The van der Waals surface area contributed by atoms with E-state index in [0.717, 1.165) is 6.07 Å². The molecule has 3 aromatic heterocycles. The molecule has 0 aliphatic carbocycles. The minimum absolute atomic E-state index is 0.0213. The van der Waals surface area contributed by atoms with Crippen molar-refractivity contribution in [2.45, 2.75) is 0 Å². The summed E-state index contributed by atoms with van der Waals surface area (Å²) in [5.74, 6) is -1.82. The van der Waals surface area contributed by atoms with E-state index < -0.39 is 21.4 Å². The molecule has 172 valence electrons. The molecule has 4 aromatic rings. The number of benzene rings is 1. The average Bonchev–Trinajstić information content (AvgIpc) is 3.17. The van der Waals surface area contributed by atoms with E-state index in [2.05, 4.69) is 30.6 Å². The third kappa shape index (κ3) is 4.92. The van der Waals surface area contributed by atoms with Crippen LogP contribution in [0.4, 0.5) is 14.5 Å². The predicted molar refractivity (Wildman–Crippen MR) is 136 cm³/mol. The van der Waals surface area contributed by atoms with Gasteiger partial charge in [0, 0.05) is 94.6 Å². The van der Waals surface area contributed by atoms with E-state index in [0.29, 0.717) is 33.8 Å². The topological polar surface area (TPSA) is 78.5 Å². The van der Waals surface area contributed by atoms with Crippen molar-refractivity contribution in [2.24, 2.45) is 11.4 Å². The van der Waals surface area contributed by atoms with Gasteiger partial charge in [-0.15, -0.1) is 0 Å². The van der Waals surface area contributed by atoms with E-state index in [1.807, 2.05) is 0 Å². The Bertz CT molecular complexity index is 1570. The number of ether oxygens (including phenoxy) is 1. The van der Waals surface area contributed by atoms with E-state index in [1.165, 1.54) is 38.5 Å². The minimum Gasteiger partial charge on any atom is -0.435 e. The zero-order valence-corrected chi connectivity index (χ0v) is 21.4. The van der Waals surface area contributed by atoms with Gasteiger partial charge in [-0.3, -0.25) is 8.77 Å². The van der Waals surface area contributed by atoms with Crippen LogP contribution in [0.3, 0.4) is 0 Å². The van der Waals surface area contributed by atoms with Crippen LogP contribution in [0.5, 0.6) is 11.6 Å². The van der Waals surface area contributed by atoms with Crippen molar-refractivity contribution in [2.75, 3.05) is 12.5 Å². The van der Waals surface area contributed by atoms with Crippen LogP contribution >= 0.6 is 30.3 Å². The van der Waals surface area contributed by atoms with Crippen molar-refractivity contribution in [1.82, 2.24) is 13.5 Å². The van der Waals surface area contributed by atoms with Crippen LogP contribution in [0.15, 0.2) is 58.1 Å². The molecule has 0 saturated heterocycles. The molecule has 0 spiro atoms. The van der Waals surface area contributed by atoms with E-state index >= 15 is 0 Å². The van der Waals surface area contributed by atoms with Crippen LogP contribution in [0.25, 0.3) is 22.0 Å². The summed E-state index contributed by atoms with van der Waals surface area (Å²) >= 11 is 2.08. The highest BCUT2D eigenvalue weighted by molar-refractivity contribution is 14.2. The molecular formula is C21H17F2IN4O3S2. The molecule has 0 aliphatic heterocycles. The van der Waals surface area contributed by atoms with Crippen molar-refractivity contribution >= 4 is 56.6 Å². The largest absolute Gasteiger partial charge is 0.435 e. The van der Waals surface area contributed by atoms with Gasteiger partial charge < -0.3 is 9.30 Å². The molecule has 0 amide bonds. The lowest BCUT2D eigenvalue weighted by Crippen LogP contribution is -2.18. The highest BCUT2D eigenvalue weighted by atomic mass is 127. The lowest BCUT2D eigenvalue weighted by atomic mass is 10.0. The number of nitrogens with zero attached hydrogens (tertiary/aromatic N) is 4. The average molecular weight is 602 g/mol. The lowest BCUT2D eigenvalue weighted by molar-refractivity contribution is 0.425. The molecule has 0 aliphatic rings. The molecule has 0 N–H and O–H groups in total. The molecule has 12 heteroatoms. The highest BCUT2D eigenvalue weighted by Gasteiger charge is 2.19. The van der Waals surface area contributed by atoms with Crippen molar-refractivity contribution < 1.29 is 17.7 Å². The normalized spacial score (nSPS) is 11.7. The lowest BCUT2D eigenvalue weighted by Gasteiger charge is -2.14. The molecule has 0 radical (unpaired) electrons. The van der Waals surface area contributed by atoms with Crippen LogP contribution in [-0.2, 0) is 16.8 Å². The first-order valence-corrected chi connectivity index (χ1v) is 15.0. The molecule has 1 aromatic carbocycles. The number of aromatic nitrogens is 3. The molecule has 3 heterocycles. The van der Waals surface area contributed by atoms with E-state index in [9.17, 15) is 17.8 Å². The first-order valence-electron chi connectivity index (χ1n) is 9.37. The summed E-state index contributed by atoms with van der Waals surface area (Å²) in [6.45, 7) is 0. The number of aryl methyl sites for hydroxylation is 1. The van der Waals surface area contributed by atoms with Gasteiger partial charge in [-0.25, -0.2) is 18.0 Å². The summed E-state index contributed by atoms with van der Waals surface area (Å²) in [5.41, 5.74) is 1.56. The number of fused-ring (bicyclic) bond motifs is 1. The van der Waals surface area contributed by atoms with Gasteiger partial charge in [-0.1, -0.05) is 0 Å². The Kier molecular flexibility index (Phi) is 6.51. The summed E-state index contributed by atoms with van der Waals surface area (Å²) in [6, 6.07) is 6.35. The standard InChI is InChI=1S/C21H17F2IN4O3S2/c1-27-11-16(14-6-7-28(32-24)19(14)21(27)29)15-9-13(26-33(2,3)30)10-25-20(15)31-18-5-4-12(22)8-17(18)23/h4-11H,1-3H3. The predicted octanol–water partition coefficient (Wildman–Crippen LogP) is 5.68. The van der Waals surface area contributed by atoms with Gasteiger partial charge in [-0.05, 0) is 24.3 Å². The second-order valence-electron chi connectivity index (χ2n) is 7.43. The first kappa shape index (κ1) is 23.7. The Morgan fingerprint density at radius 3 is 2.61 bits per heavy atom. The van der Waals surface area contributed by atoms with Gasteiger partial charge in [-0.2, -0.15) is 4.36 Å². The number of rotatable bonds is 5. The zero-order valence-electron chi connectivity index (χ0n) is 17.6. The maximum atomic E-state index is 14.3. The van der Waals surface area contributed by atoms with Crippen LogP contribution in [-0.4, -0.2) is 30.2 Å². The zero-order chi connectivity index (χ0) is 23.9. The van der Waals surface area contributed by atoms with Crippen molar-refractivity contribution in [1.29, 1.82) is 0 Å². The number of hydrogen-bond donors (Lipinski definition) is 0.